The van der Waals surface area contributed by atoms with Gasteiger partial charge in [-0.2, -0.15) is 0 Å². The average molecular weight is 363 g/mol. The molecule has 4 rings (SSSR count). The van der Waals surface area contributed by atoms with Crippen molar-refractivity contribution >= 4 is 52.5 Å². The number of carbonyl (C=O) groups is 3. The van der Waals surface area contributed by atoms with Crippen LogP contribution in [0.5, 0.6) is 0 Å². The van der Waals surface area contributed by atoms with Crippen LogP contribution in [0.2, 0.25) is 10.0 Å². The summed E-state index contributed by atoms with van der Waals surface area (Å²) in [5.41, 5.74) is -0.938. The summed E-state index contributed by atoms with van der Waals surface area (Å²) in [5.74, 6) is -1.53. The number of anilines is 2. The lowest BCUT2D eigenvalue weighted by atomic mass is 9.95. The quantitative estimate of drug-likeness (QED) is 0.790. The maximum absolute atomic E-state index is 13.1. The average Bonchev–Trinajstić information content (AvgIpc) is 2.97. The third kappa shape index (κ3) is 1.87. The van der Waals surface area contributed by atoms with Gasteiger partial charge in [-0.25, -0.2) is 4.79 Å². The van der Waals surface area contributed by atoms with Crippen molar-refractivity contribution in [3.05, 3.63) is 58.1 Å². The molecule has 1 spiro atoms. The second kappa shape index (κ2) is 4.96. The monoisotopic (exact) mass is 362 g/mol. The van der Waals surface area contributed by atoms with Gasteiger partial charge < -0.3 is 4.74 Å². The Morgan fingerprint density at radius 3 is 2.25 bits per heavy atom. The Morgan fingerprint density at radius 2 is 1.62 bits per heavy atom. The van der Waals surface area contributed by atoms with Gasteiger partial charge in [0.2, 0.25) is 0 Å². The minimum Gasteiger partial charge on any atom is -0.417 e. The first-order valence-corrected chi connectivity index (χ1v) is 7.63. The third-order valence-corrected chi connectivity index (χ3v) is 4.44. The number of hydrogen-bond donors (Lipinski definition) is 1. The Hall–Kier alpha value is -2.57. The number of carbonyl (C=O) groups excluding carboxylic acids is 3. The number of alkyl carbamates (subject to hydrolysis) is 1. The molecule has 3 amide bonds. The van der Waals surface area contributed by atoms with Crippen molar-refractivity contribution in [3.63, 3.8) is 0 Å². The SMILES string of the molecule is O=C1NC(=O)C2(O1)C(=O)N(c1ccc(Cl)cc1)c1ccc(Cl)cc12. The fourth-order valence-corrected chi connectivity index (χ4v) is 3.22. The van der Waals surface area contributed by atoms with Crippen molar-refractivity contribution in [1.29, 1.82) is 0 Å². The minimum absolute atomic E-state index is 0.221. The summed E-state index contributed by atoms with van der Waals surface area (Å²) in [6, 6.07) is 11.1. The molecule has 8 heteroatoms. The molecule has 1 fully saturated rings. The van der Waals surface area contributed by atoms with Crippen LogP contribution >= 0.6 is 23.2 Å². The van der Waals surface area contributed by atoms with E-state index in [1.807, 2.05) is 5.32 Å². The highest BCUT2D eigenvalue weighted by Gasteiger charge is 2.64. The lowest BCUT2D eigenvalue weighted by Crippen LogP contribution is -2.45. The number of amides is 3. The zero-order valence-electron chi connectivity index (χ0n) is 11.9. The summed E-state index contributed by atoms with van der Waals surface area (Å²) >= 11 is 11.9. The zero-order chi connectivity index (χ0) is 17.1. The van der Waals surface area contributed by atoms with Crippen LogP contribution in [0.3, 0.4) is 0 Å². The molecule has 2 aromatic carbocycles. The molecule has 1 N–H and O–H groups in total. The summed E-state index contributed by atoms with van der Waals surface area (Å²) in [4.78, 5) is 38.3. The fraction of sp³-hybridized carbons (Fsp3) is 0.0625. The number of nitrogens with zero attached hydrogens (tertiary/aromatic N) is 1. The van der Waals surface area contributed by atoms with Gasteiger partial charge in [0.1, 0.15) is 0 Å². The molecular weight excluding hydrogens is 355 g/mol. The Kier molecular flexibility index (Phi) is 3.10. The molecule has 6 nitrogen and oxygen atoms in total. The molecule has 0 bridgehead atoms. The second-order valence-electron chi connectivity index (χ2n) is 5.30. The summed E-state index contributed by atoms with van der Waals surface area (Å²) in [6.45, 7) is 0. The van der Waals surface area contributed by atoms with Crippen LogP contribution < -0.4 is 10.2 Å². The van der Waals surface area contributed by atoms with E-state index in [-0.39, 0.29) is 5.56 Å². The van der Waals surface area contributed by atoms with Crippen molar-refractivity contribution in [2.45, 2.75) is 5.60 Å². The molecule has 2 heterocycles. The molecule has 2 aromatic rings. The van der Waals surface area contributed by atoms with E-state index in [0.717, 1.165) is 0 Å². The number of nitrogens with one attached hydrogen (secondary N) is 1. The minimum atomic E-state index is -2.06. The molecule has 0 saturated carbocycles. The van der Waals surface area contributed by atoms with Crippen molar-refractivity contribution in [3.8, 4) is 0 Å². The van der Waals surface area contributed by atoms with E-state index in [4.69, 9.17) is 27.9 Å². The largest absolute Gasteiger partial charge is 0.417 e. The lowest BCUT2D eigenvalue weighted by Gasteiger charge is -2.20. The number of benzene rings is 2. The van der Waals surface area contributed by atoms with Gasteiger partial charge in [0.05, 0.1) is 5.69 Å². The molecule has 2 aliphatic heterocycles. The number of ether oxygens (including phenoxy) is 1. The van der Waals surface area contributed by atoms with Gasteiger partial charge >= 0.3 is 6.09 Å². The first-order valence-electron chi connectivity index (χ1n) is 6.88. The number of rotatable bonds is 1. The van der Waals surface area contributed by atoms with Gasteiger partial charge in [0.25, 0.3) is 17.4 Å². The number of fused-ring (bicyclic) bond motifs is 2. The number of halogens is 2. The molecule has 1 saturated heterocycles. The van der Waals surface area contributed by atoms with E-state index >= 15 is 0 Å². The van der Waals surface area contributed by atoms with Crippen LogP contribution in [-0.2, 0) is 19.9 Å². The van der Waals surface area contributed by atoms with Crippen molar-refractivity contribution < 1.29 is 19.1 Å². The first kappa shape index (κ1) is 15.0. The highest BCUT2D eigenvalue weighted by Crippen LogP contribution is 2.48. The normalized spacial score (nSPS) is 21.9. The summed E-state index contributed by atoms with van der Waals surface area (Å²) in [5, 5.41) is 2.83. The van der Waals surface area contributed by atoms with Crippen LogP contribution in [0.4, 0.5) is 16.2 Å². The van der Waals surface area contributed by atoms with Crippen LogP contribution in [0.25, 0.3) is 0 Å². The molecule has 1 unspecified atom stereocenters. The van der Waals surface area contributed by atoms with E-state index in [1.165, 1.54) is 11.0 Å². The van der Waals surface area contributed by atoms with E-state index in [2.05, 4.69) is 0 Å². The van der Waals surface area contributed by atoms with Crippen LogP contribution in [-0.4, -0.2) is 17.9 Å². The third-order valence-electron chi connectivity index (χ3n) is 3.95. The Balaban J connectivity index is 1.96. The van der Waals surface area contributed by atoms with Gasteiger partial charge in [0.15, 0.2) is 0 Å². The number of hydrogen-bond acceptors (Lipinski definition) is 4. The van der Waals surface area contributed by atoms with Gasteiger partial charge in [-0.3, -0.25) is 19.8 Å². The Morgan fingerprint density at radius 1 is 0.958 bits per heavy atom. The maximum atomic E-state index is 13.1. The molecule has 0 aliphatic carbocycles. The van der Waals surface area contributed by atoms with E-state index in [1.54, 1.807) is 36.4 Å². The summed E-state index contributed by atoms with van der Waals surface area (Å²) < 4.78 is 5.12. The predicted molar refractivity (Wildman–Crippen MR) is 86.4 cm³/mol. The molecular formula is C16H8Cl2N2O4. The molecule has 2 aliphatic rings. The van der Waals surface area contributed by atoms with Crippen molar-refractivity contribution in [2.24, 2.45) is 0 Å². The number of imide groups is 1. The maximum Gasteiger partial charge on any atom is 0.415 e. The predicted octanol–water partition coefficient (Wildman–Crippen LogP) is 3.13. The zero-order valence-corrected chi connectivity index (χ0v) is 13.4. The van der Waals surface area contributed by atoms with Crippen molar-refractivity contribution in [2.75, 3.05) is 4.90 Å². The summed E-state index contributed by atoms with van der Waals surface area (Å²) in [7, 11) is 0. The van der Waals surface area contributed by atoms with Crippen molar-refractivity contribution in [1.82, 2.24) is 5.32 Å². The molecule has 24 heavy (non-hydrogen) atoms. The molecule has 120 valence electrons. The standard InChI is InChI=1S/C16H8Cl2N2O4/c17-8-1-4-10(5-2-8)20-12-6-3-9(18)7-11(12)16(14(20)22)13(21)19-15(23)24-16/h1-7H,(H,19,21,23). The highest BCUT2D eigenvalue weighted by molar-refractivity contribution is 6.32. The molecule has 0 radical (unpaired) electrons. The first-order chi connectivity index (χ1) is 11.4. The Bertz CT molecular complexity index is 913. The summed E-state index contributed by atoms with van der Waals surface area (Å²) in [6.07, 6.45) is -0.975. The molecule has 1 atom stereocenters. The van der Waals surface area contributed by atoms with E-state index in [0.29, 0.717) is 21.4 Å². The fourth-order valence-electron chi connectivity index (χ4n) is 2.92. The van der Waals surface area contributed by atoms with Gasteiger partial charge in [-0.15, -0.1) is 0 Å². The second-order valence-corrected chi connectivity index (χ2v) is 6.18. The topological polar surface area (TPSA) is 75.7 Å². The van der Waals surface area contributed by atoms with Gasteiger partial charge in [-0.05, 0) is 42.5 Å². The van der Waals surface area contributed by atoms with Crippen LogP contribution in [0.1, 0.15) is 5.56 Å². The van der Waals surface area contributed by atoms with Gasteiger partial charge in [-0.1, -0.05) is 23.2 Å². The highest BCUT2D eigenvalue weighted by atomic mass is 35.5. The lowest BCUT2D eigenvalue weighted by molar-refractivity contribution is -0.144. The van der Waals surface area contributed by atoms with Crippen LogP contribution in [0.15, 0.2) is 42.5 Å². The van der Waals surface area contributed by atoms with E-state index < -0.39 is 23.5 Å². The van der Waals surface area contributed by atoms with Gasteiger partial charge in [0, 0.05) is 21.3 Å². The molecule has 0 aromatic heterocycles. The van der Waals surface area contributed by atoms with Crippen LogP contribution in [0, 0.1) is 0 Å². The van der Waals surface area contributed by atoms with E-state index in [9.17, 15) is 14.4 Å². The smallest absolute Gasteiger partial charge is 0.415 e. The Labute approximate surface area is 145 Å².